The van der Waals surface area contributed by atoms with Gasteiger partial charge in [-0.25, -0.2) is 0 Å². The number of rotatable bonds is 5. The molecule has 2 heterocycles. The van der Waals surface area contributed by atoms with Gasteiger partial charge in [0.2, 0.25) is 11.8 Å². The highest BCUT2D eigenvalue weighted by Crippen LogP contribution is 2.45. The van der Waals surface area contributed by atoms with Gasteiger partial charge in [-0.05, 0) is 49.1 Å². The topological polar surface area (TPSA) is 77.1 Å². The van der Waals surface area contributed by atoms with Gasteiger partial charge < -0.3 is 24.4 Å². The Morgan fingerprint density at radius 2 is 1.81 bits per heavy atom. The zero-order valence-electron chi connectivity index (χ0n) is 18.3. The Balaban J connectivity index is 1.42. The standard InChI is InChI=1S/C25H28N2O5/c1-30-21-16-18(7-8-19(21)27-12-4-5-23(27)28)26-24(29)25(10-2-3-11-25)17-6-9-20-22(15-17)32-14-13-31-20/h6-9,15-16H,2-5,10-14H2,1H3,(H,26,29). The van der Waals surface area contributed by atoms with E-state index in [0.717, 1.165) is 49.1 Å². The highest BCUT2D eigenvalue weighted by molar-refractivity contribution is 6.01. The highest BCUT2D eigenvalue weighted by atomic mass is 16.6. The van der Waals surface area contributed by atoms with Gasteiger partial charge in [0.15, 0.2) is 11.5 Å². The van der Waals surface area contributed by atoms with Crippen molar-refractivity contribution in [3.63, 3.8) is 0 Å². The molecule has 1 saturated carbocycles. The number of nitrogens with zero attached hydrogens (tertiary/aromatic N) is 1. The highest BCUT2D eigenvalue weighted by Gasteiger charge is 2.43. The third-order valence-electron chi connectivity index (χ3n) is 6.79. The van der Waals surface area contributed by atoms with Gasteiger partial charge in [-0.3, -0.25) is 9.59 Å². The van der Waals surface area contributed by atoms with Crippen LogP contribution in [0.4, 0.5) is 11.4 Å². The van der Waals surface area contributed by atoms with Crippen LogP contribution in [0.15, 0.2) is 36.4 Å². The van der Waals surface area contributed by atoms with Crippen molar-refractivity contribution in [2.45, 2.75) is 43.9 Å². The quantitative estimate of drug-likeness (QED) is 0.765. The van der Waals surface area contributed by atoms with Gasteiger partial charge in [0.05, 0.1) is 18.2 Å². The van der Waals surface area contributed by atoms with Crippen molar-refractivity contribution in [2.75, 3.05) is 37.1 Å². The first-order valence-electron chi connectivity index (χ1n) is 11.3. The van der Waals surface area contributed by atoms with Crippen LogP contribution in [0, 0.1) is 0 Å². The molecule has 1 saturated heterocycles. The number of hydrogen-bond acceptors (Lipinski definition) is 5. The first-order valence-corrected chi connectivity index (χ1v) is 11.3. The first kappa shape index (κ1) is 20.7. The van der Waals surface area contributed by atoms with E-state index >= 15 is 0 Å². The van der Waals surface area contributed by atoms with Gasteiger partial charge in [-0.15, -0.1) is 0 Å². The second-order valence-corrected chi connectivity index (χ2v) is 8.64. The molecule has 2 aromatic rings. The van der Waals surface area contributed by atoms with Gasteiger partial charge in [0.25, 0.3) is 0 Å². The Labute approximate surface area is 187 Å². The van der Waals surface area contributed by atoms with Crippen LogP contribution in [-0.2, 0) is 15.0 Å². The van der Waals surface area contributed by atoms with E-state index in [4.69, 9.17) is 14.2 Å². The molecule has 1 N–H and O–H groups in total. The van der Waals surface area contributed by atoms with Gasteiger partial charge >= 0.3 is 0 Å². The summed E-state index contributed by atoms with van der Waals surface area (Å²) >= 11 is 0. The molecule has 1 aliphatic carbocycles. The molecular weight excluding hydrogens is 408 g/mol. The fraction of sp³-hybridized carbons (Fsp3) is 0.440. The largest absolute Gasteiger partial charge is 0.494 e. The Morgan fingerprint density at radius 3 is 2.53 bits per heavy atom. The zero-order valence-corrected chi connectivity index (χ0v) is 18.3. The number of fused-ring (bicyclic) bond motifs is 1. The van der Waals surface area contributed by atoms with E-state index in [-0.39, 0.29) is 11.8 Å². The molecule has 2 aromatic carbocycles. The fourth-order valence-corrected chi connectivity index (χ4v) is 5.10. The number of carbonyl (C=O) groups excluding carboxylic acids is 2. The summed E-state index contributed by atoms with van der Waals surface area (Å²) in [6.45, 7) is 1.74. The summed E-state index contributed by atoms with van der Waals surface area (Å²) in [6, 6.07) is 11.3. The van der Waals surface area contributed by atoms with Crippen molar-refractivity contribution < 1.29 is 23.8 Å². The lowest BCUT2D eigenvalue weighted by Gasteiger charge is -2.30. The Bertz CT molecular complexity index is 1040. The average Bonchev–Trinajstić information content (AvgIpc) is 3.49. The number of benzene rings is 2. The van der Waals surface area contributed by atoms with Crippen molar-refractivity contribution in [1.82, 2.24) is 0 Å². The van der Waals surface area contributed by atoms with Crippen LogP contribution < -0.4 is 24.4 Å². The lowest BCUT2D eigenvalue weighted by molar-refractivity contribution is -0.121. The first-order chi connectivity index (χ1) is 15.6. The van der Waals surface area contributed by atoms with Crippen LogP contribution in [0.2, 0.25) is 0 Å². The number of anilines is 2. The normalized spacial score (nSPS) is 19.2. The van der Waals surface area contributed by atoms with Crippen molar-refractivity contribution in [1.29, 1.82) is 0 Å². The van der Waals surface area contributed by atoms with E-state index in [9.17, 15) is 9.59 Å². The molecule has 0 unspecified atom stereocenters. The average molecular weight is 437 g/mol. The second-order valence-electron chi connectivity index (χ2n) is 8.64. The minimum atomic E-state index is -0.605. The molecule has 32 heavy (non-hydrogen) atoms. The minimum Gasteiger partial charge on any atom is -0.494 e. The molecule has 3 aliphatic rings. The molecule has 7 nitrogen and oxygen atoms in total. The SMILES string of the molecule is COc1cc(NC(=O)C2(c3ccc4c(c3)OCCO4)CCCC2)ccc1N1CCCC1=O. The van der Waals surface area contributed by atoms with Gasteiger partial charge in [-0.2, -0.15) is 0 Å². The number of nitrogens with one attached hydrogen (secondary N) is 1. The second kappa shape index (κ2) is 8.37. The predicted octanol–water partition coefficient (Wildman–Crippen LogP) is 4.04. The summed E-state index contributed by atoms with van der Waals surface area (Å²) in [5.41, 5.74) is 1.76. The van der Waals surface area contributed by atoms with E-state index in [1.807, 2.05) is 30.3 Å². The maximum absolute atomic E-state index is 13.6. The Kier molecular flexibility index (Phi) is 5.41. The fourth-order valence-electron chi connectivity index (χ4n) is 5.10. The predicted molar refractivity (Wildman–Crippen MR) is 121 cm³/mol. The molecule has 5 rings (SSSR count). The molecule has 0 radical (unpaired) electrons. The Hall–Kier alpha value is -3.22. The molecule has 2 fully saturated rings. The van der Waals surface area contributed by atoms with Crippen LogP contribution in [0.25, 0.3) is 0 Å². The summed E-state index contributed by atoms with van der Waals surface area (Å²) in [6.07, 6.45) is 4.98. The molecule has 0 bridgehead atoms. The minimum absolute atomic E-state index is 0.0290. The maximum Gasteiger partial charge on any atom is 0.235 e. The molecule has 2 aliphatic heterocycles. The van der Waals surface area contributed by atoms with Crippen LogP contribution in [0.3, 0.4) is 0 Å². The van der Waals surface area contributed by atoms with Crippen molar-refractivity contribution in [2.24, 2.45) is 0 Å². The molecular formula is C25H28N2O5. The molecule has 7 heteroatoms. The molecule has 2 amide bonds. The summed E-state index contributed by atoms with van der Waals surface area (Å²) in [7, 11) is 1.58. The van der Waals surface area contributed by atoms with E-state index in [2.05, 4.69) is 5.32 Å². The monoisotopic (exact) mass is 436 g/mol. The molecule has 0 atom stereocenters. The van der Waals surface area contributed by atoms with Gasteiger partial charge in [0.1, 0.15) is 19.0 Å². The molecule has 0 spiro atoms. The Morgan fingerprint density at radius 1 is 1.03 bits per heavy atom. The van der Waals surface area contributed by atoms with Crippen molar-refractivity contribution >= 4 is 23.2 Å². The van der Waals surface area contributed by atoms with E-state index in [0.29, 0.717) is 43.4 Å². The van der Waals surface area contributed by atoms with E-state index in [1.165, 1.54) is 0 Å². The van der Waals surface area contributed by atoms with E-state index in [1.54, 1.807) is 18.1 Å². The van der Waals surface area contributed by atoms with Crippen LogP contribution in [0.1, 0.15) is 44.1 Å². The van der Waals surface area contributed by atoms with Crippen LogP contribution >= 0.6 is 0 Å². The van der Waals surface area contributed by atoms with Gasteiger partial charge in [0, 0.05) is 24.7 Å². The third-order valence-corrected chi connectivity index (χ3v) is 6.79. The van der Waals surface area contributed by atoms with Crippen molar-refractivity contribution in [3.05, 3.63) is 42.0 Å². The summed E-state index contributed by atoms with van der Waals surface area (Å²) in [5, 5.41) is 3.11. The lowest BCUT2D eigenvalue weighted by Crippen LogP contribution is -2.38. The summed E-state index contributed by atoms with van der Waals surface area (Å²) in [4.78, 5) is 27.5. The number of methoxy groups -OCH3 is 1. The number of carbonyl (C=O) groups is 2. The molecule has 168 valence electrons. The third kappa shape index (κ3) is 3.55. The smallest absolute Gasteiger partial charge is 0.235 e. The summed E-state index contributed by atoms with van der Waals surface area (Å²) in [5.74, 6) is 2.08. The summed E-state index contributed by atoms with van der Waals surface area (Å²) < 4.78 is 17.0. The van der Waals surface area contributed by atoms with Crippen LogP contribution in [0.5, 0.6) is 17.2 Å². The van der Waals surface area contributed by atoms with Gasteiger partial charge in [-0.1, -0.05) is 18.9 Å². The maximum atomic E-state index is 13.6. The van der Waals surface area contributed by atoms with Crippen molar-refractivity contribution in [3.8, 4) is 17.2 Å². The number of ether oxygens (including phenoxy) is 3. The molecule has 0 aromatic heterocycles. The number of hydrogen-bond donors (Lipinski definition) is 1. The van der Waals surface area contributed by atoms with E-state index < -0.39 is 5.41 Å². The van der Waals surface area contributed by atoms with Crippen LogP contribution in [-0.4, -0.2) is 38.7 Å². The zero-order chi connectivity index (χ0) is 22.1. The number of amides is 2. The lowest BCUT2D eigenvalue weighted by atomic mass is 9.77.